The Kier molecular flexibility index (Phi) is 10.2. The third kappa shape index (κ3) is 7.69. The zero-order valence-corrected chi connectivity index (χ0v) is 24.4. The van der Waals surface area contributed by atoms with Crippen molar-refractivity contribution in [3.8, 4) is 11.1 Å². The highest BCUT2D eigenvalue weighted by atomic mass is 16.4. The van der Waals surface area contributed by atoms with Crippen LogP contribution in [0.4, 0.5) is 0 Å². The van der Waals surface area contributed by atoms with E-state index in [9.17, 15) is 19.5 Å². The minimum absolute atomic E-state index is 0.0886. The van der Waals surface area contributed by atoms with E-state index >= 15 is 0 Å². The number of hydrogen-bond acceptors (Lipinski definition) is 4. The van der Waals surface area contributed by atoms with Gasteiger partial charge in [-0.15, -0.1) is 0 Å². The molecule has 0 saturated heterocycles. The number of nitrogens with zero attached hydrogens (tertiary/aromatic N) is 3. The van der Waals surface area contributed by atoms with Crippen LogP contribution < -0.4 is 0 Å². The van der Waals surface area contributed by atoms with Gasteiger partial charge in [0.1, 0.15) is 0 Å². The van der Waals surface area contributed by atoms with Gasteiger partial charge in [0.25, 0.3) is 11.8 Å². The summed E-state index contributed by atoms with van der Waals surface area (Å²) >= 11 is 0. The van der Waals surface area contributed by atoms with Crippen LogP contribution in [0.25, 0.3) is 11.1 Å². The molecule has 42 heavy (non-hydrogen) atoms. The van der Waals surface area contributed by atoms with Crippen molar-refractivity contribution in [2.45, 2.75) is 45.7 Å². The smallest absolute Gasteiger partial charge is 0.305 e. The molecule has 0 radical (unpaired) electrons. The van der Waals surface area contributed by atoms with E-state index in [1.54, 1.807) is 35.0 Å². The van der Waals surface area contributed by atoms with Gasteiger partial charge in [-0.25, -0.2) is 0 Å². The van der Waals surface area contributed by atoms with Crippen molar-refractivity contribution in [3.63, 3.8) is 0 Å². The molecule has 0 saturated carbocycles. The number of carboxylic acids is 1. The highest BCUT2D eigenvalue weighted by Crippen LogP contribution is 2.30. The van der Waals surface area contributed by atoms with Gasteiger partial charge in [0.15, 0.2) is 0 Å². The second kappa shape index (κ2) is 14.2. The van der Waals surface area contributed by atoms with Crippen molar-refractivity contribution in [1.29, 1.82) is 0 Å². The van der Waals surface area contributed by atoms with E-state index in [-0.39, 0.29) is 30.8 Å². The maximum absolute atomic E-state index is 14.1. The molecular weight excluding hydrogens is 526 g/mol. The molecule has 2 amide bonds. The van der Waals surface area contributed by atoms with E-state index in [2.05, 4.69) is 4.98 Å². The van der Waals surface area contributed by atoms with E-state index in [0.29, 0.717) is 35.2 Å². The first-order valence-corrected chi connectivity index (χ1v) is 14.2. The number of aliphatic carboxylic acids is 1. The van der Waals surface area contributed by atoms with Crippen LogP contribution in [0.1, 0.15) is 57.4 Å². The van der Waals surface area contributed by atoms with Gasteiger partial charge in [-0.2, -0.15) is 0 Å². The number of aromatic nitrogens is 1. The average molecular weight is 564 g/mol. The Morgan fingerprint density at radius 2 is 1.38 bits per heavy atom. The van der Waals surface area contributed by atoms with Gasteiger partial charge in [-0.1, -0.05) is 72.8 Å². The number of pyridine rings is 1. The third-order valence-corrected chi connectivity index (χ3v) is 7.35. The molecule has 216 valence electrons. The second-order valence-electron chi connectivity index (χ2n) is 10.5. The van der Waals surface area contributed by atoms with Crippen LogP contribution in [0.5, 0.6) is 0 Å². The van der Waals surface area contributed by atoms with Gasteiger partial charge < -0.3 is 14.9 Å². The van der Waals surface area contributed by atoms with E-state index in [1.807, 2.05) is 92.7 Å². The lowest BCUT2D eigenvalue weighted by atomic mass is 9.93. The van der Waals surface area contributed by atoms with Crippen molar-refractivity contribution in [2.24, 2.45) is 0 Å². The summed E-state index contributed by atoms with van der Waals surface area (Å²) in [4.78, 5) is 47.1. The Bertz CT molecular complexity index is 1540. The van der Waals surface area contributed by atoms with Crippen LogP contribution in [0.15, 0.2) is 97.1 Å². The molecule has 0 spiro atoms. The van der Waals surface area contributed by atoms with E-state index in [4.69, 9.17) is 0 Å². The minimum Gasteiger partial charge on any atom is -0.481 e. The van der Waals surface area contributed by atoms with Crippen molar-refractivity contribution < 1.29 is 19.5 Å². The molecule has 3 aromatic carbocycles. The minimum atomic E-state index is -0.960. The molecule has 0 aliphatic rings. The summed E-state index contributed by atoms with van der Waals surface area (Å²) in [5, 5.41) is 9.42. The van der Waals surface area contributed by atoms with Crippen molar-refractivity contribution >= 4 is 17.8 Å². The number of benzene rings is 3. The normalized spacial score (nSPS) is 11.5. The first kappa shape index (κ1) is 30.2. The quantitative estimate of drug-likeness (QED) is 0.220. The number of carbonyl (C=O) groups excluding carboxylic acids is 2. The molecule has 1 N–H and O–H groups in total. The molecule has 0 aliphatic heterocycles. The number of hydrogen-bond donors (Lipinski definition) is 1. The third-order valence-electron chi connectivity index (χ3n) is 7.35. The lowest BCUT2D eigenvalue weighted by molar-refractivity contribution is -0.137. The van der Waals surface area contributed by atoms with Crippen LogP contribution in [0.2, 0.25) is 0 Å². The molecular formula is C35H37N3O4. The predicted molar refractivity (Wildman–Crippen MR) is 164 cm³/mol. The summed E-state index contributed by atoms with van der Waals surface area (Å²) in [6.45, 7) is 4.30. The van der Waals surface area contributed by atoms with Gasteiger partial charge in [0, 0.05) is 36.5 Å². The fourth-order valence-electron chi connectivity index (χ4n) is 5.09. The molecule has 1 heterocycles. The summed E-state index contributed by atoms with van der Waals surface area (Å²) in [5.41, 5.74) is 5.01. The Labute approximate surface area is 247 Å². The van der Waals surface area contributed by atoms with Crippen LogP contribution in [0.3, 0.4) is 0 Å². The average Bonchev–Trinajstić information content (AvgIpc) is 3.00. The lowest BCUT2D eigenvalue weighted by Gasteiger charge is -2.30. The lowest BCUT2D eigenvalue weighted by Crippen LogP contribution is -2.40. The Morgan fingerprint density at radius 1 is 0.786 bits per heavy atom. The number of aryl methyl sites for hydroxylation is 2. The highest BCUT2D eigenvalue weighted by molar-refractivity contribution is 6.06. The van der Waals surface area contributed by atoms with Crippen LogP contribution in [-0.2, 0) is 17.8 Å². The maximum atomic E-state index is 14.1. The summed E-state index contributed by atoms with van der Waals surface area (Å²) in [5.74, 6) is -1.40. The molecule has 0 aliphatic carbocycles. The number of carboxylic acid groups (broad SMARTS) is 1. The summed E-state index contributed by atoms with van der Waals surface area (Å²) < 4.78 is 0. The second-order valence-corrected chi connectivity index (χ2v) is 10.5. The zero-order chi connectivity index (χ0) is 30.1. The van der Waals surface area contributed by atoms with Gasteiger partial charge in [-0.3, -0.25) is 19.4 Å². The van der Waals surface area contributed by atoms with E-state index in [0.717, 1.165) is 23.4 Å². The molecule has 4 aromatic rings. The number of rotatable bonds is 12. The fraction of sp³-hybridized carbons (Fsp3) is 0.257. The number of amides is 2. The molecule has 1 atom stereocenters. The topological polar surface area (TPSA) is 90.8 Å². The van der Waals surface area contributed by atoms with Gasteiger partial charge in [0.05, 0.1) is 18.7 Å². The number of carbonyl (C=O) groups is 3. The summed E-state index contributed by atoms with van der Waals surface area (Å²) in [7, 11) is 1.74. The standard InChI is InChI=1S/C35H37N3O4/c1-25-12-11-15-28(36-25)24-37(3)34(41)31-18-9-7-16-29(31)30-17-8-10-19-32(30)35(42)38(23-22-33(39)40)26(2)20-21-27-13-5-4-6-14-27/h4-19,26H,20-24H2,1-3H3,(H,39,40). The fourth-order valence-corrected chi connectivity index (χ4v) is 5.09. The molecule has 4 rings (SSSR count). The molecule has 0 fully saturated rings. The maximum Gasteiger partial charge on any atom is 0.305 e. The van der Waals surface area contributed by atoms with Gasteiger partial charge in [-0.05, 0) is 67.6 Å². The van der Waals surface area contributed by atoms with Crippen molar-refractivity contribution in [3.05, 3.63) is 125 Å². The van der Waals surface area contributed by atoms with Gasteiger partial charge >= 0.3 is 5.97 Å². The highest BCUT2D eigenvalue weighted by Gasteiger charge is 2.26. The van der Waals surface area contributed by atoms with E-state index in [1.165, 1.54) is 0 Å². The molecule has 1 aromatic heterocycles. The summed E-state index contributed by atoms with van der Waals surface area (Å²) in [6.07, 6.45) is 1.29. The first-order valence-electron chi connectivity index (χ1n) is 14.2. The Hall–Kier alpha value is -4.78. The molecule has 0 bridgehead atoms. The first-order chi connectivity index (χ1) is 20.2. The van der Waals surface area contributed by atoms with Crippen molar-refractivity contribution in [2.75, 3.05) is 13.6 Å². The van der Waals surface area contributed by atoms with Crippen molar-refractivity contribution in [1.82, 2.24) is 14.8 Å². The van der Waals surface area contributed by atoms with Crippen LogP contribution >= 0.6 is 0 Å². The van der Waals surface area contributed by atoms with E-state index < -0.39 is 5.97 Å². The van der Waals surface area contributed by atoms with Crippen LogP contribution in [0, 0.1) is 6.92 Å². The summed E-state index contributed by atoms with van der Waals surface area (Å²) in [6, 6.07) is 30.0. The molecule has 7 nitrogen and oxygen atoms in total. The predicted octanol–water partition coefficient (Wildman–Crippen LogP) is 6.27. The SMILES string of the molecule is Cc1cccc(CN(C)C(=O)c2ccccc2-c2ccccc2C(=O)N(CCC(=O)O)C(C)CCc2ccccc2)n1. The monoisotopic (exact) mass is 563 g/mol. The molecule has 1 unspecified atom stereocenters. The largest absolute Gasteiger partial charge is 0.481 e. The van der Waals surface area contributed by atoms with Gasteiger partial charge in [0.2, 0.25) is 0 Å². The Morgan fingerprint density at radius 3 is 2.00 bits per heavy atom. The molecule has 7 heteroatoms. The Balaban J connectivity index is 1.63. The van der Waals surface area contributed by atoms with Crippen LogP contribution in [-0.4, -0.2) is 57.3 Å². The zero-order valence-electron chi connectivity index (χ0n) is 24.4.